The number of carbonyl (C=O) groups excluding carboxylic acids is 3. The van der Waals surface area contributed by atoms with Crippen LogP contribution in [-0.4, -0.2) is 34.5 Å². The lowest BCUT2D eigenvalue weighted by atomic mass is 10.1. The van der Waals surface area contributed by atoms with Gasteiger partial charge in [0.2, 0.25) is 5.91 Å². The molecule has 0 radical (unpaired) electrons. The quantitative estimate of drug-likeness (QED) is 0.164. The van der Waals surface area contributed by atoms with Crippen LogP contribution >= 0.6 is 46.4 Å². The third kappa shape index (κ3) is 7.35. The van der Waals surface area contributed by atoms with Crippen molar-refractivity contribution in [1.82, 2.24) is 0 Å². The molecule has 0 spiro atoms. The highest BCUT2D eigenvalue weighted by atomic mass is 35.5. The SMILES string of the molecule is CC(OC(F)(F)F)C(=O)Nc1c(F)ccc(NC(=O)c2cc(NC(=O)[C@H]3[C@H](c4ccc(F)c(Cl)c4)C3(Cl)Cl)ccc2Cl)c1F. The van der Waals surface area contributed by atoms with Crippen molar-refractivity contribution in [1.29, 1.82) is 0 Å². The molecule has 3 aromatic carbocycles. The van der Waals surface area contributed by atoms with Crippen LogP contribution in [-0.2, 0) is 14.3 Å². The second-order valence-electron chi connectivity index (χ2n) is 9.42. The first-order valence-corrected chi connectivity index (χ1v) is 13.7. The second-order valence-corrected chi connectivity index (χ2v) is 11.7. The molecule has 0 bridgehead atoms. The van der Waals surface area contributed by atoms with Crippen LogP contribution < -0.4 is 16.0 Å². The third-order valence-corrected chi connectivity index (χ3v) is 7.94. The van der Waals surface area contributed by atoms with Gasteiger partial charge in [-0.2, -0.15) is 0 Å². The Kier molecular flexibility index (Phi) is 9.67. The van der Waals surface area contributed by atoms with Crippen LogP contribution in [0.5, 0.6) is 0 Å². The minimum absolute atomic E-state index is 0.0441. The van der Waals surface area contributed by atoms with Crippen molar-refractivity contribution in [3.05, 3.63) is 87.2 Å². The molecule has 4 rings (SSSR count). The van der Waals surface area contributed by atoms with E-state index in [1.807, 2.05) is 0 Å². The monoisotopic (exact) mass is 701 g/mol. The average molecular weight is 703 g/mol. The van der Waals surface area contributed by atoms with Crippen LogP contribution in [0, 0.1) is 23.4 Å². The van der Waals surface area contributed by atoms with Gasteiger partial charge in [0.1, 0.15) is 27.8 Å². The van der Waals surface area contributed by atoms with E-state index in [9.17, 15) is 36.3 Å². The predicted molar refractivity (Wildman–Crippen MR) is 152 cm³/mol. The van der Waals surface area contributed by atoms with Gasteiger partial charge >= 0.3 is 6.36 Å². The largest absolute Gasteiger partial charge is 0.523 e. The summed E-state index contributed by atoms with van der Waals surface area (Å²) >= 11 is 24.6. The zero-order chi connectivity index (χ0) is 32.7. The molecular weight excluding hydrogens is 686 g/mol. The highest BCUT2D eigenvalue weighted by molar-refractivity contribution is 6.53. The van der Waals surface area contributed by atoms with Crippen molar-refractivity contribution in [3.63, 3.8) is 0 Å². The normalized spacial score (nSPS) is 17.9. The third-order valence-electron chi connectivity index (χ3n) is 6.38. The molecule has 1 aliphatic carbocycles. The van der Waals surface area contributed by atoms with Gasteiger partial charge in [-0.15, -0.1) is 36.4 Å². The van der Waals surface area contributed by atoms with E-state index in [1.54, 1.807) is 5.32 Å². The maximum Gasteiger partial charge on any atom is 0.523 e. The van der Waals surface area contributed by atoms with Crippen LogP contribution in [0.25, 0.3) is 0 Å². The Bertz CT molecular complexity index is 1660. The van der Waals surface area contributed by atoms with E-state index in [1.165, 1.54) is 24.3 Å². The lowest BCUT2D eigenvalue weighted by Gasteiger charge is -2.17. The van der Waals surface area contributed by atoms with Crippen molar-refractivity contribution in [2.24, 2.45) is 5.92 Å². The van der Waals surface area contributed by atoms with Crippen LogP contribution in [0.1, 0.15) is 28.8 Å². The number of halogens is 10. The molecule has 7 nitrogen and oxygen atoms in total. The van der Waals surface area contributed by atoms with Crippen LogP contribution in [0.4, 0.5) is 43.4 Å². The summed E-state index contributed by atoms with van der Waals surface area (Å²) in [7, 11) is 0. The fourth-order valence-electron chi connectivity index (χ4n) is 4.20. The molecule has 0 saturated heterocycles. The Labute approximate surface area is 264 Å². The number of rotatable bonds is 8. The molecule has 0 heterocycles. The van der Waals surface area contributed by atoms with Gasteiger partial charge in [0.15, 0.2) is 5.82 Å². The molecule has 0 aliphatic heterocycles. The number of ether oxygens (including phenoxy) is 1. The first-order valence-electron chi connectivity index (χ1n) is 12.2. The number of nitrogens with one attached hydrogen (secondary N) is 3. The van der Waals surface area contributed by atoms with Crippen LogP contribution in [0.3, 0.4) is 0 Å². The fourth-order valence-corrected chi connectivity index (χ4v) is 5.42. The summed E-state index contributed by atoms with van der Waals surface area (Å²) < 4.78 is 82.0. The molecule has 17 heteroatoms. The summed E-state index contributed by atoms with van der Waals surface area (Å²) in [6.45, 7) is 0.708. The molecule has 3 atom stereocenters. The number of alkyl halides is 5. The highest BCUT2D eigenvalue weighted by Crippen LogP contribution is 2.65. The van der Waals surface area contributed by atoms with Gasteiger partial charge in [-0.3, -0.25) is 19.1 Å². The van der Waals surface area contributed by atoms with E-state index in [4.69, 9.17) is 46.4 Å². The van der Waals surface area contributed by atoms with Crippen LogP contribution in [0.2, 0.25) is 10.0 Å². The molecule has 3 aromatic rings. The lowest BCUT2D eigenvalue weighted by Crippen LogP contribution is -2.33. The van der Waals surface area contributed by atoms with E-state index in [0.29, 0.717) is 18.6 Å². The number of benzene rings is 3. The Morgan fingerprint density at radius 3 is 2.18 bits per heavy atom. The molecule has 1 saturated carbocycles. The Hall–Kier alpha value is -3.23. The number of hydrogen-bond donors (Lipinski definition) is 3. The Balaban J connectivity index is 1.49. The number of hydrogen-bond acceptors (Lipinski definition) is 4. The van der Waals surface area contributed by atoms with E-state index < -0.39 is 75.2 Å². The molecule has 1 aliphatic rings. The van der Waals surface area contributed by atoms with E-state index in [2.05, 4.69) is 15.4 Å². The standard InChI is InChI=1S/C27H17Cl4F6N3O4/c1-10(44-27(35,36)37)23(41)40-22-17(33)6-7-18(21(22)34)39-24(42)13-9-12(3-4-14(13)28)38-25(43)20-19(26(20,30)31)11-2-5-16(32)15(29)8-11/h2-10,19-20H,1H3,(H,38,43)(H,39,42)(H,40,41)/t10?,19-,20+/m0/s1. The van der Waals surface area contributed by atoms with Crippen molar-refractivity contribution < 1.29 is 45.5 Å². The fraction of sp³-hybridized carbons (Fsp3) is 0.222. The Morgan fingerprint density at radius 2 is 1.55 bits per heavy atom. The Morgan fingerprint density at radius 1 is 0.886 bits per heavy atom. The molecule has 44 heavy (non-hydrogen) atoms. The first kappa shape index (κ1) is 33.7. The molecule has 234 valence electrons. The highest BCUT2D eigenvalue weighted by Gasteiger charge is 2.67. The van der Waals surface area contributed by atoms with Crippen molar-refractivity contribution >= 4 is 81.2 Å². The number of anilines is 3. The number of amides is 3. The van der Waals surface area contributed by atoms with E-state index in [0.717, 1.165) is 18.2 Å². The average Bonchev–Trinajstić information content (AvgIpc) is 3.51. The summed E-state index contributed by atoms with van der Waals surface area (Å²) in [4.78, 5) is 38.0. The van der Waals surface area contributed by atoms with Gasteiger partial charge in [0.25, 0.3) is 11.8 Å². The second kappa shape index (κ2) is 12.6. The van der Waals surface area contributed by atoms with Gasteiger partial charge in [-0.1, -0.05) is 29.3 Å². The lowest BCUT2D eigenvalue weighted by molar-refractivity contribution is -0.335. The first-order chi connectivity index (χ1) is 20.4. The van der Waals surface area contributed by atoms with Crippen molar-refractivity contribution in [2.45, 2.75) is 29.6 Å². The molecule has 3 N–H and O–H groups in total. The topological polar surface area (TPSA) is 96.5 Å². The summed E-state index contributed by atoms with van der Waals surface area (Å²) in [5, 5.41) is 5.96. The smallest absolute Gasteiger partial charge is 0.326 e. The van der Waals surface area contributed by atoms with Crippen molar-refractivity contribution in [2.75, 3.05) is 16.0 Å². The molecule has 0 aromatic heterocycles. The van der Waals surface area contributed by atoms with Crippen LogP contribution in [0.15, 0.2) is 48.5 Å². The maximum atomic E-state index is 15.0. The number of carbonyl (C=O) groups is 3. The zero-order valence-electron chi connectivity index (χ0n) is 21.8. The maximum absolute atomic E-state index is 15.0. The summed E-state index contributed by atoms with van der Waals surface area (Å²) in [6.07, 6.45) is -7.35. The van der Waals surface area contributed by atoms with Gasteiger partial charge in [0.05, 0.1) is 27.2 Å². The summed E-state index contributed by atoms with van der Waals surface area (Å²) in [5.74, 6) is -8.51. The predicted octanol–water partition coefficient (Wildman–Crippen LogP) is 8.05. The molecule has 3 amide bonds. The molecule has 1 fully saturated rings. The minimum atomic E-state index is -5.19. The van der Waals surface area contributed by atoms with Gasteiger partial charge < -0.3 is 16.0 Å². The minimum Gasteiger partial charge on any atom is -0.326 e. The van der Waals surface area contributed by atoms with Gasteiger partial charge in [-0.25, -0.2) is 13.2 Å². The van der Waals surface area contributed by atoms with Gasteiger partial charge in [-0.05, 0) is 55.0 Å². The molecular formula is C27H17Cl4F6N3O4. The van der Waals surface area contributed by atoms with E-state index in [-0.39, 0.29) is 21.3 Å². The summed E-state index contributed by atoms with van der Waals surface area (Å²) in [6, 6.07) is 8.92. The zero-order valence-corrected chi connectivity index (χ0v) is 24.8. The molecule has 1 unspecified atom stereocenters. The van der Waals surface area contributed by atoms with Gasteiger partial charge in [0, 0.05) is 11.6 Å². The van der Waals surface area contributed by atoms with E-state index >= 15 is 4.39 Å². The summed E-state index contributed by atoms with van der Waals surface area (Å²) in [5.41, 5.74) is -1.65. The van der Waals surface area contributed by atoms with Crippen molar-refractivity contribution in [3.8, 4) is 0 Å².